The second-order valence-electron chi connectivity index (χ2n) is 9.00. The van der Waals surface area contributed by atoms with Crippen LogP contribution < -0.4 is 43.8 Å². The molecule has 0 aliphatic carbocycles. The zero-order valence-electron chi connectivity index (χ0n) is 22.4. The van der Waals surface area contributed by atoms with E-state index in [2.05, 4.69) is 0 Å². The first-order valence-corrected chi connectivity index (χ1v) is 12.5. The number of nitrogens with two attached hydrogens (primary N) is 1. The van der Waals surface area contributed by atoms with Gasteiger partial charge in [-0.05, 0) is 36.2 Å². The number of Topliss-reactive ketones (excluding diaryl/α,β-unsaturated/α-hetero) is 1. The van der Waals surface area contributed by atoms with Crippen LogP contribution in [0.3, 0.4) is 0 Å². The molecular formula is C30H32Br2N2O5. The van der Waals surface area contributed by atoms with Gasteiger partial charge in [0.15, 0.2) is 12.4 Å². The first kappa shape index (κ1) is 32.1. The Morgan fingerprint density at radius 2 is 1.33 bits per heavy atom. The first-order valence-electron chi connectivity index (χ1n) is 12.5. The van der Waals surface area contributed by atoms with E-state index in [0.717, 1.165) is 27.7 Å². The Labute approximate surface area is 249 Å². The molecule has 0 bridgehead atoms. The van der Waals surface area contributed by atoms with Crippen molar-refractivity contribution in [3.63, 3.8) is 0 Å². The number of rotatable bonds is 8. The third-order valence-electron chi connectivity index (χ3n) is 6.50. The fourth-order valence-electron chi connectivity index (χ4n) is 4.78. The summed E-state index contributed by atoms with van der Waals surface area (Å²) in [5.74, 6) is -1.56. The van der Waals surface area contributed by atoms with Crippen LogP contribution in [0.4, 0.5) is 0 Å². The summed E-state index contributed by atoms with van der Waals surface area (Å²) in [7, 11) is 0. The number of allylic oxidation sites excluding steroid dienone is 2. The first-order chi connectivity index (χ1) is 17.8. The maximum atomic E-state index is 13.0. The number of fused-ring (bicyclic) bond motifs is 1. The van der Waals surface area contributed by atoms with E-state index in [1.807, 2.05) is 73.8 Å². The van der Waals surface area contributed by atoms with Crippen molar-refractivity contribution in [2.45, 2.75) is 40.2 Å². The number of ether oxygens (including phenoxy) is 2. The molecule has 0 amide bonds. The minimum Gasteiger partial charge on any atom is -1.00 e. The van der Waals surface area contributed by atoms with Crippen LogP contribution in [-0.2, 0) is 25.6 Å². The van der Waals surface area contributed by atoms with Gasteiger partial charge in [0.25, 0.3) is 0 Å². The Bertz CT molecular complexity index is 1390. The second-order valence-corrected chi connectivity index (χ2v) is 9.00. The van der Waals surface area contributed by atoms with E-state index >= 15 is 0 Å². The lowest BCUT2D eigenvalue weighted by Crippen LogP contribution is -3.00. The lowest BCUT2D eigenvalue weighted by molar-refractivity contribution is -0.683. The number of hydrogen-bond donors (Lipinski definition) is 1. The number of esters is 2. The number of ketones is 1. The van der Waals surface area contributed by atoms with Crippen LogP contribution in [0, 0.1) is 0 Å². The molecule has 0 saturated carbocycles. The van der Waals surface area contributed by atoms with E-state index in [0.29, 0.717) is 16.7 Å². The molecule has 0 fully saturated rings. The number of aromatic nitrogens is 1. The normalized spacial score (nSPS) is 13.4. The summed E-state index contributed by atoms with van der Waals surface area (Å²) in [5, 5.41) is 3.92. The molecular weight excluding hydrogens is 628 g/mol. The number of pyridine rings is 1. The predicted molar refractivity (Wildman–Crippen MR) is 138 cm³/mol. The van der Waals surface area contributed by atoms with Crippen LogP contribution in [0.25, 0.3) is 10.8 Å². The van der Waals surface area contributed by atoms with E-state index < -0.39 is 17.9 Å². The van der Waals surface area contributed by atoms with Crippen molar-refractivity contribution in [3.05, 3.63) is 101 Å². The Morgan fingerprint density at radius 1 is 0.795 bits per heavy atom. The van der Waals surface area contributed by atoms with Crippen molar-refractivity contribution >= 4 is 28.5 Å². The van der Waals surface area contributed by atoms with Gasteiger partial charge in [-0.25, -0.2) is 9.59 Å². The highest BCUT2D eigenvalue weighted by atomic mass is 79.9. The van der Waals surface area contributed by atoms with Crippen LogP contribution >= 0.6 is 0 Å². The van der Waals surface area contributed by atoms with Crippen molar-refractivity contribution < 1.29 is 67.7 Å². The molecule has 4 rings (SSSR count). The van der Waals surface area contributed by atoms with Gasteiger partial charge in [0.05, 0.1) is 19.1 Å². The summed E-state index contributed by atoms with van der Waals surface area (Å²) in [4.78, 5) is 38.9. The molecule has 2 aromatic carbocycles. The minimum atomic E-state index is -0.631. The molecule has 9 heteroatoms. The average molecular weight is 660 g/mol. The highest BCUT2D eigenvalue weighted by molar-refractivity contribution is 6.00. The molecule has 2 heterocycles. The van der Waals surface area contributed by atoms with Gasteiger partial charge in [-0.2, -0.15) is 4.57 Å². The third kappa shape index (κ3) is 7.09. The maximum Gasteiger partial charge on any atom is 0.340 e. The number of nitrogens with zero attached hydrogens (tertiary/aromatic N) is 1. The van der Waals surface area contributed by atoms with Crippen molar-refractivity contribution in [1.82, 2.24) is 0 Å². The molecule has 0 saturated heterocycles. The summed E-state index contributed by atoms with van der Waals surface area (Å²) in [6.45, 7) is 7.81. The SMILES string of the molecule is CCOC(=O)C1=C(C)[NH2+]C(C)=C(C(=O)OCC)C1c1cc[n+](CC(=O)c2ccc3ccccc3c2)cc1.[Br-].[Br-]. The van der Waals surface area contributed by atoms with Crippen molar-refractivity contribution in [3.8, 4) is 0 Å². The quantitative estimate of drug-likeness (QED) is 0.162. The lowest BCUT2D eigenvalue weighted by atomic mass is 9.80. The number of carbonyl (C=O) groups is 3. The summed E-state index contributed by atoms with van der Waals surface area (Å²) in [6, 6.07) is 17.3. The fraction of sp³-hybridized carbons (Fsp3) is 0.267. The molecule has 0 radical (unpaired) electrons. The molecule has 1 aliphatic heterocycles. The van der Waals surface area contributed by atoms with Gasteiger partial charge in [0.1, 0.15) is 22.5 Å². The fourth-order valence-corrected chi connectivity index (χ4v) is 4.78. The molecule has 1 aliphatic rings. The molecule has 0 atom stereocenters. The predicted octanol–water partition coefficient (Wildman–Crippen LogP) is -2.65. The van der Waals surface area contributed by atoms with Crippen molar-refractivity contribution in [1.29, 1.82) is 0 Å². The topological polar surface area (TPSA) is 90.2 Å². The zero-order chi connectivity index (χ0) is 26.5. The Balaban J connectivity index is 0.00000267. The van der Waals surface area contributed by atoms with Crippen LogP contribution in [0.1, 0.15) is 49.5 Å². The molecule has 2 N–H and O–H groups in total. The lowest BCUT2D eigenvalue weighted by Gasteiger charge is -2.26. The highest BCUT2D eigenvalue weighted by Gasteiger charge is 2.41. The van der Waals surface area contributed by atoms with Gasteiger partial charge in [-0.3, -0.25) is 10.1 Å². The number of carbonyl (C=O) groups excluding carboxylic acids is 3. The molecule has 206 valence electrons. The van der Waals surface area contributed by atoms with Crippen molar-refractivity contribution in [2.24, 2.45) is 0 Å². The monoisotopic (exact) mass is 658 g/mol. The van der Waals surface area contributed by atoms with Crippen LogP contribution in [0.5, 0.6) is 0 Å². The Hall–Kier alpha value is -3.14. The van der Waals surface area contributed by atoms with Crippen LogP contribution in [0.2, 0.25) is 0 Å². The van der Waals surface area contributed by atoms with Crippen molar-refractivity contribution in [2.75, 3.05) is 13.2 Å². The standard InChI is InChI=1S/C30H30N2O5.2BrH/c1-5-36-29(34)26-19(3)31-20(4)27(30(35)37-6-2)28(26)22-13-15-32(16-14-22)18-25(33)24-12-11-21-9-7-8-10-23(21)17-24;;/h7-17,28H,5-6,18H2,1-4H3;2*1H. The van der Waals surface area contributed by atoms with E-state index in [1.165, 1.54) is 0 Å². The van der Waals surface area contributed by atoms with Gasteiger partial charge in [0, 0.05) is 31.5 Å². The minimum absolute atomic E-state index is 0. The van der Waals surface area contributed by atoms with Crippen LogP contribution in [0.15, 0.2) is 89.5 Å². The summed E-state index contributed by atoms with van der Waals surface area (Å²) in [5.41, 5.74) is 3.71. The second kappa shape index (κ2) is 14.3. The molecule has 1 aromatic heterocycles. The highest BCUT2D eigenvalue weighted by Crippen LogP contribution is 2.36. The molecule has 3 aromatic rings. The van der Waals surface area contributed by atoms with E-state index in [4.69, 9.17) is 9.47 Å². The van der Waals surface area contributed by atoms with Gasteiger partial charge in [0.2, 0.25) is 12.3 Å². The molecule has 0 spiro atoms. The Kier molecular flexibility index (Phi) is 11.8. The smallest absolute Gasteiger partial charge is 0.340 e. The number of hydrogen-bond acceptors (Lipinski definition) is 5. The third-order valence-corrected chi connectivity index (χ3v) is 6.50. The summed E-state index contributed by atoms with van der Waals surface area (Å²) < 4.78 is 12.5. The zero-order valence-corrected chi connectivity index (χ0v) is 25.5. The maximum absolute atomic E-state index is 13.0. The Morgan fingerprint density at radius 3 is 1.87 bits per heavy atom. The number of benzene rings is 2. The average Bonchev–Trinajstić information content (AvgIpc) is 2.88. The number of quaternary nitrogens is 1. The van der Waals surface area contributed by atoms with E-state index in [1.54, 1.807) is 30.8 Å². The van der Waals surface area contributed by atoms with Gasteiger partial charge >= 0.3 is 11.9 Å². The number of halogens is 2. The largest absolute Gasteiger partial charge is 1.00 e. The summed E-state index contributed by atoms with van der Waals surface area (Å²) >= 11 is 0. The van der Waals surface area contributed by atoms with E-state index in [9.17, 15) is 14.4 Å². The van der Waals surface area contributed by atoms with Gasteiger partial charge in [-0.15, -0.1) is 0 Å². The summed E-state index contributed by atoms with van der Waals surface area (Å²) in [6.07, 6.45) is 3.59. The van der Waals surface area contributed by atoms with E-state index in [-0.39, 0.29) is 59.5 Å². The van der Waals surface area contributed by atoms with Gasteiger partial charge in [-0.1, -0.05) is 36.4 Å². The molecule has 7 nitrogen and oxygen atoms in total. The molecule has 0 unspecified atom stereocenters. The van der Waals surface area contributed by atoms with Crippen LogP contribution in [-0.4, -0.2) is 30.9 Å². The van der Waals surface area contributed by atoms with Gasteiger partial charge < -0.3 is 43.4 Å². The molecule has 39 heavy (non-hydrogen) atoms.